The number of hydrogen-bond acceptors (Lipinski definition) is 1. The molecule has 0 aromatic heterocycles. The zero-order valence-electron chi connectivity index (χ0n) is 9.58. The Hall–Kier alpha value is -0.0405. The molecule has 0 aromatic carbocycles. The zero-order valence-corrected chi connectivity index (χ0v) is 11.3. The van der Waals surface area contributed by atoms with Crippen molar-refractivity contribution in [1.29, 1.82) is 0 Å². The second-order valence-corrected chi connectivity index (χ2v) is 5.01. The van der Waals surface area contributed by atoms with Crippen molar-refractivity contribution in [3.8, 4) is 0 Å². The summed E-state index contributed by atoms with van der Waals surface area (Å²) in [6, 6.07) is 0. The van der Waals surface area contributed by atoms with E-state index in [1.54, 1.807) is 7.11 Å². The Morgan fingerprint density at radius 2 is 2.14 bits per heavy atom. The van der Waals surface area contributed by atoms with E-state index in [1.165, 1.54) is 30.2 Å². The molecule has 0 fully saturated rings. The number of unbranched alkanes of at least 4 members (excludes halogenated alkanes) is 3. The standard InChI is InChI=1S/C12H22OSe/c1-4-5-6-7-8-9-12(14-3)10-11-13-2/h8-10H,4-7,11H2,1-3H3/b9-8+,12-10-. The van der Waals surface area contributed by atoms with Gasteiger partial charge in [0.05, 0.1) is 0 Å². The molecule has 0 heterocycles. The molecule has 0 aromatic rings. The molecule has 0 atom stereocenters. The van der Waals surface area contributed by atoms with Crippen molar-refractivity contribution in [3.05, 3.63) is 22.7 Å². The Bertz CT molecular complexity index is 173. The number of methoxy groups -OCH3 is 1. The van der Waals surface area contributed by atoms with Gasteiger partial charge in [0.2, 0.25) is 0 Å². The van der Waals surface area contributed by atoms with Crippen LogP contribution in [0.2, 0.25) is 5.82 Å². The first-order valence-electron chi connectivity index (χ1n) is 5.24. The quantitative estimate of drug-likeness (QED) is 0.369. The maximum absolute atomic E-state index is 5.02. The van der Waals surface area contributed by atoms with Crippen LogP contribution in [-0.4, -0.2) is 28.7 Å². The normalized spacial score (nSPS) is 12.6. The van der Waals surface area contributed by atoms with Crippen LogP contribution >= 0.6 is 0 Å². The average Bonchev–Trinajstić information content (AvgIpc) is 2.22. The van der Waals surface area contributed by atoms with Gasteiger partial charge in [-0.2, -0.15) is 0 Å². The van der Waals surface area contributed by atoms with Gasteiger partial charge < -0.3 is 0 Å². The topological polar surface area (TPSA) is 9.23 Å². The first-order valence-corrected chi connectivity index (χ1v) is 7.81. The van der Waals surface area contributed by atoms with Crippen molar-refractivity contribution in [2.75, 3.05) is 13.7 Å². The van der Waals surface area contributed by atoms with Gasteiger partial charge in [-0.1, -0.05) is 0 Å². The molecule has 2 heteroatoms. The molecule has 0 aliphatic carbocycles. The minimum absolute atomic E-state index is 0.583. The van der Waals surface area contributed by atoms with Crippen molar-refractivity contribution >= 4 is 15.0 Å². The minimum atomic E-state index is 0.583. The van der Waals surface area contributed by atoms with E-state index in [4.69, 9.17) is 4.74 Å². The van der Waals surface area contributed by atoms with Crippen molar-refractivity contribution < 1.29 is 4.74 Å². The van der Waals surface area contributed by atoms with Crippen LogP contribution in [0.5, 0.6) is 0 Å². The van der Waals surface area contributed by atoms with Crippen LogP contribution in [0.3, 0.4) is 0 Å². The average molecular weight is 261 g/mol. The van der Waals surface area contributed by atoms with Gasteiger partial charge in [-0.3, -0.25) is 0 Å². The zero-order chi connectivity index (χ0) is 10.6. The fourth-order valence-electron chi connectivity index (χ4n) is 1.10. The summed E-state index contributed by atoms with van der Waals surface area (Å²) in [6.07, 6.45) is 11.9. The van der Waals surface area contributed by atoms with Gasteiger partial charge in [0.25, 0.3) is 0 Å². The fraction of sp³-hybridized carbons (Fsp3) is 0.667. The summed E-state index contributed by atoms with van der Waals surface area (Å²) in [5.74, 6) is 2.24. The van der Waals surface area contributed by atoms with E-state index in [1.807, 2.05) is 0 Å². The summed E-state index contributed by atoms with van der Waals surface area (Å²) in [4.78, 5) is 0. The first kappa shape index (κ1) is 14.0. The van der Waals surface area contributed by atoms with Gasteiger partial charge in [0.1, 0.15) is 0 Å². The van der Waals surface area contributed by atoms with E-state index >= 15 is 0 Å². The Morgan fingerprint density at radius 3 is 2.71 bits per heavy atom. The van der Waals surface area contributed by atoms with Gasteiger partial charge in [-0.15, -0.1) is 0 Å². The molecule has 0 saturated heterocycles. The van der Waals surface area contributed by atoms with E-state index in [0.29, 0.717) is 15.0 Å². The molecule has 0 N–H and O–H groups in total. The van der Waals surface area contributed by atoms with Crippen LogP contribution in [0.1, 0.15) is 32.6 Å². The molecule has 0 rings (SSSR count). The van der Waals surface area contributed by atoms with Crippen LogP contribution in [-0.2, 0) is 4.74 Å². The third kappa shape index (κ3) is 8.55. The molecular formula is C12H22OSe. The van der Waals surface area contributed by atoms with E-state index < -0.39 is 0 Å². The molecule has 82 valence electrons. The van der Waals surface area contributed by atoms with Crippen LogP contribution in [0, 0.1) is 0 Å². The van der Waals surface area contributed by atoms with Crippen LogP contribution in [0.4, 0.5) is 0 Å². The summed E-state index contributed by atoms with van der Waals surface area (Å²) in [6.45, 7) is 2.98. The van der Waals surface area contributed by atoms with Gasteiger partial charge >= 0.3 is 94.5 Å². The van der Waals surface area contributed by atoms with Gasteiger partial charge in [0, 0.05) is 0 Å². The maximum atomic E-state index is 5.02. The Morgan fingerprint density at radius 1 is 1.36 bits per heavy atom. The molecule has 0 saturated carbocycles. The molecule has 1 nitrogen and oxygen atoms in total. The summed E-state index contributed by atoms with van der Waals surface area (Å²) in [5.41, 5.74) is 0. The molecule has 0 radical (unpaired) electrons. The Labute approximate surface area is 94.8 Å². The predicted octanol–water partition coefficient (Wildman–Crippen LogP) is 3.41. The Kier molecular flexibility index (Phi) is 11.0. The monoisotopic (exact) mass is 262 g/mol. The number of rotatable bonds is 8. The second-order valence-electron chi connectivity index (χ2n) is 3.16. The van der Waals surface area contributed by atoms with Crippen LogP contribution in [0.25, 0.3) is 0 Å². The molecule has 14 heavy (non-hydrogen) atoms. The van der Waals surface area contributed by atoms with Crippen molar-refractivity contribution in [2.24, 2.45) is 0 Å². The molecular weight excluding hydrogens is 239 g/mol. The number of hydrogen-bond donors (Lipinski definition) is 0. The van der Waals surface area contributed by atoms with Crippen molar-refractivity contribution in [1.82, 2.24) is 0 Å². The SMILES string of the molecule is CCCCC/C=C/C(=C/COC)[Se]C. The third-order valence-corrected chi connectivity index (χ3v) is 3.57. The van der Waals surface area contributed by atoms with Gasteiger partial charge in [-0.05, 0) is 0 Å². The predicted molar refractivity (Wildman–Crippen MR) is 64.9 cm³/mol. The van der Waals surface area contributed by atoms with Crippen molar-refractivity contribution in [2.45, 2.75) is 38.4 Å². The van der Waals surface area contributed by atoms with E-state index in [-0.39, 0.29) is 0 Å². The third-order valence-electron chi connectivity index (χ3n) is 1.94. The summed E-state index contributed by atoms with van der Waals surface area (Å²) >= 11 is 0.583. The fourth-order valence-corrected chi connectivity index (χ4v) is 2.08. The molecule has 0 spiro atoms. The summed E-state index contributed by atoms with van der Waals surface area (Å²) in [5, 5.41) is 0. The summed E-state index contributed by atoms with van der Waals surface area (Å²) < 4.78 is 6.46. The molecule has 0 aliphatic rings. The van der Waals surface area contributed by atoms with Crippen LogP contribution in [0.15, 0.2) is 22.7 Å². The summed E-state index contributed by atoms with van der Waals surface area (Å²) in [7, 11) is 1.74. The first-order chi connectivity index (χ1) is 6.85. The van der Waals surface area contributed by atoms with E-state index in [2.05, 4.69) is 31.0 Å². The number of allylic oxidation sites excluding steroid dienone is 3. The van der Waals surface area contributed by atoms with Crippen molar-refractivity contribution in [3.63, 3.8) is 0 Å². The molecule has 0 bridgehead atoms. The van der Waals surface area contributed by atoms with Gasteiger partial charge in [0.15, 0.2) is 0 Å². The molecule has 0 unspecified atom stereocenters. The Balaban J connectivity index is 3.68. The van der Waals surface area contributed by atoms with E-state index in [0.717, 1.165) is 6.61 Å². The van der Waals surface area contributed by atoms with Crippen LogP contribution < -0.4 is 0 Å². The number of ether oxygens (including phenoxy) is 1. The van der Waals surface area contributed by atoms with E-state index in [9.17, 15) is 0 Å². The molecule has 0 amide bonds. The van der Waals surface area contributed by atoms with Gasteiger partial charge in [-0.25, -0.2) is 0 Å². The molecule has 0 aliphatic heterocycles. The second kappa shape index (κ2) is 11.0.